The lowest BCUT2D eigenvalue weighted by Gasteiger charge is -2.40. The molecule has 3 atom stereocenters. The van der Waals surface area contributed by atoms with Gasteiger partial charge in [0.15, 0.2) is 6.61 Å². The van der Waals surface area contributed by atoms with Gasteiger partial charge < -0.3 is 19.9 Å². The van der Waals surface area contributed by atoms with Gasteiger partial charge in [0.05, 0.1) is 12.1 Å². The van der Waals surface area contributed by atoms with Crippen LogP contribution in [0.4, 0.5) is 17.6 Å². The number of hydrogen-bond donors (Lipinski definition) is 1. The van der Waals surface area contributed by atoms with E-state index in [2.05, 4.69) is 33.5 Å². The SMILES string of the molecule is C=N/C=C(\N=CC(/C(F)=C\C)[C@@]1(C)N=C(N)OC[C@@H]1OCC(F)(F)F)OCC#CC. The topological polar surface area (TPSA) is 90.8 Å². The molecule has 0 radical (unpaired) electrons. The number of amidine groups is 1. The smallest absolute Gasteiger partial charge is 0.411 e. The van der Waals surface area contributed by atoms with Gasteiger partial charge in [0, 0.05) is 6.21 Å². The van der Waals surface area contributed by atoms with Gasteiger partial charge in [-0.05, 0) is 27.5 Å². The predicted molar refractivity (Wildman–Crippen MR) is 106 cm³/mol. The molecular formula is C19H24F4N4O3. The van der Waals surface area contributed by atoms with Gasteiger partial charge >= 0.3 is 6.18 Å². The molecule has 0 bridgehead atoms. The summed E-state index contributed by atoms with van der Waals surface area (Å²) in [7, 11) is 0. The molecule has 7 nitrogen and oxygen atoms in total. The Hall–Kier alpha value is -2.87. The number of nitrogens with two attached hydrogens (primary N) is 1. The van der Waals surface area contributed by atoms with E-state index in [0.717, 1.165) is 12.3 Å². The third kappa shape index (κ3) is 7.51. The normalized spacial score (nSPS) is 23.8. The van der Waals surface area contributed by atoms with Gasteiger partial charge in [0.25, 0.3) is 6.02 Å². The van der Waals surface area contributed by atoms with Gasteiger partial charge in [-0.15, -0.1) is 5.92 Å². The molecule has 0 saturated carbocycles. The summed E-state index contributed by atoms with van der Waals surface area (Å²) in [4.78, 5) is 11.6. The van der Waals surface area contributed by atoms with Crippen molar-refractivity contribution in [2.75, 3.05) is 19.8 Å². The van der Waals surface area contributed by atoms with Crippen molar-refractivity contribution in [3.8, 4) is 11.8 Å². The lowest BCUT2D eigenvalue weighted by Crippen LogP contribution is -2.54. The third-order valence-corrected chi connectivity index (χ3v) is 4.06. The zero-order chi connectivity index (χ0) is 22.8. The summed E-state index contributed by atoms with van der Waals surface area (Å²) >= 11 is 0. The van der Waals surface area contributed by atoms with Crippen molar-refractivity contribution in [1.82, 2.24) is 0 Å². The quantitative estimate of drug-likeness (QED) is 0.262. The fraction of sp³-hybridized carbons (Fsp3) is 0.526. The third-order valence-electron chi connectivity index (χ3n) is 4.06. The Morgan fingerprint density at radius 1 is 1.53 bits per heavy atom. The number of aliphatic imine (C=N–C) groups is 3. The Morgan fingerprint density at radius 3 is 2.80 bits per heavy atom. The molecule has 30 heavy (non-hydrogen) atoms. The molecule has 0 spiro atoms. The Labute approximate surface area is 172 Å². The maximum absolute atomic E-state index is 14.8. The highest BCUT2D eigenvalue weighted by Crippen LogP contribution is 2.36. The Balaban J connectivity index is 3.29. The minimum Gasteiger partial charge on any atom is -0.463 e. The van der Waals surface area contributed by atoms with Crippen LogP contribution in [0.25, 0.3) is 0 Å². The van der Waals surface area contributed by atoms with Crippen LogP contribution < -0.4 is 5.73 Å². The molecule has 1 rings (SSSR count). The van der Waals surface area contributed by atoms with Crippen LogP contribution in [-0.2, 0) is 14.2 Å². The maximum atomic E-state index is 14.8. The molecule has 1 heterocycles. The number of allylic oxidation sites excluding steroid dienone is 1. The maximum Gasteiger partial charge on any atom is 0.411 e. The highest BCUT2D eigenvalue weighted by molar-refractivity contribution is 5.75. The number of ether oxygens (including phenoxy) is 3. The number of halogens is 4. The first-order chi connectivity index (χ1) is 14.1. The molecule has 0 amide bonds. The molecule has 166 valence electrons. The van der Waals surface area contributed by atoms with Gasteiger partial charge in [-0.25, -0.2) is 14.4 Å². The Bertz CT molecular complexity index is 781. The van der Waals surface area contributed by atoms with Crippen molar-refractivity contribution >= 4 is 19.0 Å². The lowest BCUT2D eigenvalue weighted by molar-refractivity contribution is -0.197. The summed E-state index contributed by atoms with van der Waals surface area (Å²) in [6.07, 6.45) is -2.39. The number of nitrogens with zero attached hydrogens (tertiary/aromatic N) is 3. The minimum atomic E-state index is -4.59. The van der Waals surface area contributed by atoms with E-state index in [1.165, 1.54) is 20.0 Å². The molecule has 0 aliphatic carbocycles. The van der Waals surface area contributed by atoms with E-state index in [0.29, 0.717) is 0 Å². The summed E-state index contributed by atoms with van der Waals surface area (Å²) in [6, 6.07) is -0.301. The van der Waals surface area contributed by atoms with E-state index >= 15 is 0 Å². The zero-order valence-electron chi connectivity index (χ0n) is 16.9. The van der Waals surface area contributed by atoms with Crippen LogP contribution in [0.5, 0.6) is 0 Å². The van der Waals surface area contributed by atoms with E-state index in [4.69, 9.17) is 19.9 Å². The van der Waals surface area contributed by atoms with Gasteiger partial charge in [-0.3, -0.25) is 4.99 Å². The summed E-state index contributed by atoms with van der Waals surface area (Å²) in [5.41, 5.74) is 4.03. The molecule has 1 aliphatic heterocycles. The van der Waals surface area contributed by atoms with Crippen LogP contribution in [0.2, 0.25) is 0 Å². The van der Waals surface area contributed by atoms with Crippen molar-refractivity contribution in [3.63, 3.8) is 0 Å². The van der Waals surface area contributed by atoms with Crippen molar-refractivity contribution in [3.05, 3.63) is 24.0 Å². The molecule has 0 saturated heterocycles. The molecular weight excluding hydrogens is 408 g/mol. The van der Waals surface area contributed by atoms with Crippen molar-refractivity contribution in [1.29, 1.82) is 0 Å². The molecule has 11 heteroatoms. The fourth-order valence-corrected chi connectivity index (χ4v) is 2.55. The summed E-state index contributed by atoms with van der Waals surface area (Å²) in [5, 5.41) is 0. The second kappa shape index (κ2) is 11.3. The minimum absolute atomic E-state index is 0.000509. The Morgan fingerprint density at radius 2 is 2.23 bits per heavy atom. The second-order valence-corrected chi connectivity index (χ2v) is 6.20. The highest BCUT2D eigenvalue weighted by Gasteiger charge is 2.48. The molecule has 0 aromatic rings. The molecule has 0 aromatic carbocycles. The second-order valence-electron chi connectivity index (χ2n) is 6.20. The molecule has 0 aromatic heterocycles. The number of alkyl halides is 3. The molecule has 1 unspecified atom stereocenters. The molecule has 0 fully saturated rings. The zero-order valence-corrected chi connectivity index (χ0v) is 16.9. The van der Waals surface area contributed by atoms with Gasteiger partial charge in [0.1, 0.15) is 30.7 Å². The Kier molecular flexibility index (Phi) is 9.52. The summed E-state index contributed by atoms with van der Waals surface area (Å²) in [6.45, 7) is 5.84. The average Bonchev–Trinajstić information content (AvgIpc) is 2.66. The fourth-order valence-electron chi connectivity index (χ4n) is 2.55. The average molecular weight is 432 g/mol. The van der Waals surface area contributed by atoms with Crippen LogP contribution in [0, 0.1) is 17.8 Å². The van der Waals surface area contributed by atoms with Gasteiger partial charge in [0.2, 0.25) is 5.88 Å². The van der Waals surface area contributed by atoms with Gasteiger partial charge in [-0.2, -0.15) is 13.2 Å². The molecule has 2 N–H and O–H groups in total. The first-order valence-electron chi connectivity index (χ1n) is 8.78. The standard InChI is InChI=1S/C19H24F4N4O3/c1-5-7-8-28-16(10-25-4)26-9-13(14(20)6-2)18(3)15(11-29-17(24)27-18)30-12-19(21,22)23/h6,9-10,13,15H,4,8,11-12H2,1-3H3,(H2,24,27)/b14-6+,16-10+,26-9?/t13?,15-,18+/m0/s1. The van der Waals surface area contributed by atoms with Crippen LogP contribution >= 0.6 is 0 Å². The highest BCUT2D eigenvalue weighted by atomic mass is 19.4. The number of hydrogen-bond acceptors (Lipinski definition) is 7. The van der Waals surface area contributed by atoms with E-state index in [-0.39, 0.29) is 25.1 Å². The first kappa shape index (κ1) is 25.2. The van der Waals surface area contributed by atoms with E-state index in [1.807, 2.05) is 0 Å². The van der Waals surface area contributed by atoms with Crippen molar-refractivity contribution in [2.24, 2.45) is 26.6 Å². The van der Waals surface area contributed by atoms with E-state index in [9.17, 15) is 17.6 Å². The van der Waals surface area contributed by atoms with Crippen molar-refractivity contribution < 1.29 is 31.8 Å². The summed E-state index contributed by atoms with van der Waals surface area (Å²) in [5.74, 6) is 3.31. The summed E-state index contributed by atoms with van der Waals surface area (Å²) < 4.78 is 68.0. The predicted octanol–water partition coefficient (Wildman–Crippen LogP) is 3.14. The largest absolute Gasteiger partial charge is 0.463 e. The van der Waals surface area contributed by atoms with Crippen LogP contribution in [-0.4, -0.2) is 56.6 Å². The van der Waals surface area contributed by atoms with Crippen LogP contribution in [0.1, 0.15) is 20.8 Å². The first-order valence-corrected chi connectivity index (χ1v) is 8.78. The van der Waals surface area contributed by atoms with Crippen LogP contribution in [0.15, 0.2) is 39.0 Å². The lowest BCUT2D eigenvalue weighted by atomic mass is 9.80. The van der Waals surface area contributed by atoms with Crippen LogP contribution in [0.3, 0.4) is 0 Å². The van der Waals surface area contributed by atoms with Gasteiger partial charge in [-0.1, -0.05) is 12.0 Å². The van der Waals surface area contributed by atoms with E-state index < -0.39 is 36.2 Å². The van der Waals surface area contributed by atoms with Crippen molar-refractivity contribution in [2.45, 2.75) is 38.6 Å². The monoisotopic (exact) mass is 432 g/mol. The molecule has 1 aliphatic rings. The number of rotatable bonds is 9. The van der Waals surface area contributed by atoms with E-state index in [1.54, 1.807) is 6.92 Å².